The largest absolute Gasteiger partial charge is 0.345 e. The van der Waals surface area contributed by atoms with Crippen LogP contribution in [0.2, 0.25) is 0 Å². The van der Waals surface area contributed by atoms with Crippen molar-refractivity contribution in [3.63, 3.8) is 0 Å². The molecular formula is C18H20FN3OS. The molecule has 0 spiro atoms. The van der Waals surface area contributed by atoms with E-state index in [4.69, 9.17) is 0 Å². The van der Waals surface area contributed by atoms with Gasteiger partial charge < -0.3 is 5.32 Å². The molecule has 3 saturated heterocycles. The van der Waals surface area contributed by atoms with Gasteiger partial charge in [-0.15, -0.1) is 11.3 Å². The number of nitrogens with one attached hydrogen (secondary N) is 1. The number of carbonyl (C=O) groups is 1. The normalized spacial score (nSPS) is 28.8. The van der Waals surface area contributed by atoms with Crippen molar-refractivity contribution < 1.29 is 9.18 Å². The van der Waals surface area contributed by atoms with E-state index in [2.05, 4.69) is 22.1 Å². The molecule has 1 amide bonds. The van der Waals surface area contributed by atoms with Gasteiger partial charge in [-0.2, -0.15) is 0 Å². The number of piperidine rings is 3. The molecule has 2 atom stereocenters. The summed E-state index contributed by atoms with van der Waals surface area (Å²) in [6.07, 6.45) is 4.01. The second-order valence-corrected chi connectivity index (χ2v) is 7.68. The second kappa shape index (κ2) is 6.26. The monoisotopic (exact) mass is 345 g/mol. The maximum Gasteiger partial charge on any atom is 0.280 e. The minimum absolute atomic E-state index is 0.0982. The lowest BCUT2D eigenvalue weighted by Gasteiger charge is -2.49. The average molecular weight is 345 g/mol. The number of amides is 1. The zero-order chi connectivity index (χ0) is 16.7. The molecule has 126 valence electrons. The molecule has 24 heavy (non-hydrogen) atoms. The second-order valence-electron chi connectivity index (χ2n) is 6.65. The molecule has 0 aliphatic carbocycles. The van der Waals surface area contributed by atoms with Gasteiger partial charge in [-0.25, -0.2) is 9.37 Å². The Kier molecular flexibility index (Phi) is 4.10. The highest BCUT2D eigenvalue weighted by Crippen LogP contribution is 2.33. The number of halogens is 1. The van der Waals surface area contributed by atoms with Crippen LogP contribution in [0.3, 0.4) is 0 Å². The molecule has 2 bridgehead atoms. The number of carbonyl (C=O) groups excluding carboxylic acids is 1. The van der Waals surface area contributed by atoms with Crippen LogP contribution in [0.1, 0.15) is 29.6 Å². The van der Waals surface area contributed by atoms with Crippen molar-refractivity contribution in [3.8, 4) is 10.4 Å². The van der Waals surface area contributed by atoms with E-state index in [9.17, 15) is 9.18 Å². The Hall–Kier alpha value is -1.79. The zero-order valence-corrected chi connectivity index (χ0v) is 14.4. The van der Waals surface area contributed by atoms with Gasteiger partial charge in [0.2, 0.25) is 0 Å². The molecule has 1 aromatic heterocycles. The molecule has 0 radical (unpaired) electrons. The van der Waals surface area contributed by atoms with Gasteiger partial charge in [0.15, 0.2) is 5.01 Å². The molecule has 5 rings (SSSR count). The molecule has 6 heteroatoms. The molecular weight excluding hydrogens is 325 g/mol. The molecule has 4 nitrogen and oxygen atoms in total. The molecule has 4 heterocycles. The van der Waals surface area contributed by atoms with Crippen LogP contribution >= 0.6 is 11.3 Å². The van der Waals surface area contributed by atoms with Crippen LogP contribution in [0.15, 0.2) is 30.5 Å². The Morgan fingerprint density at radius 3 is 2.67 bits per heavy atom. The van der Waals surface area contributed by atoms with E-state index in [-0.39, 0.29) is 17.8 Å². The van der Waals surface area contributed by atoms with E-state index < -0.39 is 0 Å². The van der Waals surface area contributed by atoms with Crippen LogP contribution in [0, 0.1) is 11.7 Å². The summed E-state index contributed by atoms with van der Waals surface area (Å²) in [5, 5.41) is 3.67. The van der Waals surface area contributed by atoms with Crippen LogP contribution in [0.25, 0.3) is 10.4 Å². The summed E-state index contributed by atoms with van der Waals surface area (Å²) in [6, 6.07) is 6.85. The van der Waals surface area contributed by atoms with E-state index >= 15 is 0 Å². The Balaban J connectivity index is 1.48. The minimum atomic E-state index is -0.266. The van der Waals surface area contributed by atoms with Crippen LogP contribution in [0.4, 0.5) is 4.39 Å². The third kappa shape index (κ3) is 2.84. The van der Waals surface area contributed by atoms with Crippen molar-refractivity contribution in [1.82, 2.24) is 15.2 Å². The van der Waals surface area contributed by atoms with Gasteiger partial charge in [-0.05, 0) is 56.5 Å². The average Bonchev–Trinajstić information content (AvgIpc) is 3.09. The molecule has 3 aliphatic rings. The summed E-state index contributed by atoms with van der Waals surface area (Å²) in [4.78, 5) is 20.2. The van der Waals surface area contributed by atoms with Crippen LogP contribution in [0.5, 0.6) is 0 Å². The molecule has 3 aliphatic heterocycles. The minimum Gasteiger partial charge on any atom is -0.345 e. The third-order valence-electron chi connectivity index (χ3n) is 5.30. The van der Waals surface area contributed by atoms with E-state index in [0.29, 0.717) is 17.0 Å². The fourth-order valence-corrected chi connectivity index (χ4v) is 4.71. The predicted octanol–water partition coefficient (Wildman–Crippen LogP) is 3.16. The first-order chi connectivity index (χ1) is 11.6. The van der Waals surface area contributed by atoms with Gasteiger partial charge in [0.05, 0.1) is 4.88 Å². The Bertz CT molecular complexity index is 735. The summed E-state index contributed by atoms with van der Waals surface area (Å²) in [5.74, 6) is 0.210. The third-order valence-corrected chi connectivity index (χ3v) is 6.35. The topological polar surface area (TPSA) is 45.2 Å². The smallest absolute Gasteiger partial charge is 0.280 e. The first-order valence-electron chi connectivity index (χ1n) is 8.38. The number of fused-ring (bicyclic) bond motifs is 3. The van der Waals surface area contributed by atoms with E-state index in [1.54, 1.807) is 18.3 Å². The first-order valence-corrected chi connectivity index (χ1v) is 9.20. The summed E-state index contributed by atoms with van der Waals surface area (Å²) in [6.45, 7) is 4.48. The SMILES string of the molecule is CC1C(NC(=O)c2ncc(-c3ccc(F)cc3)s2)C2CCN1CC2. The van der Waals surface area contributed by atoms with Crippen LogP contribution < -0.4 is 5.32 Å². The van der Waals surface area contributed by atoms with Crippen molar-refractivity contribution in [2.24, 2.45) is 5.92 Å². The first kappa shape index (κ1) is 15.7. The summed E-state index contributed by atoms with van der Waals surface area (Å²) >= 11 is 1.35. The molecule has 3 fully saturated rings. The number of hydrogen-bond acceptors (Lipinski definition) is 4. The molecule has 0 saturated carbocycles. The highest BCUT2D eigenvalue weighted by atomic mass is 32.1. The maximum atomic E-state index is 13.0. The van der Waals surface area contributed by atoms with Crippen LogP contribution in [-0.4, -0.2) is 41.0 Å². The Morgan fingerprint density at radius 2 is 2.00 bits per heavy atom. The molecule has 1 N–H and O–H groups in total. The summed E-state index contributed by atoms with van der Waals surface area (Å²) < 4.78 is 13.0. The van der Waals surface area contributed by atoms with Gasteiger partial charge in [0, 0.05) is 18.3 Å². The van der Waals surface area contributed by atoms with Gasteiger partial charge in [0.1, 0.15) is 5.82 Å². The lowest BCUT2D eigenvalue weighted by Crippen LogP contribution is -2.62. The van der Waals surface area contributed by atoms with Crippen molar-refractivity contribution in [3.05, 3.63) is 41.3 Å². The Morgan fingerprint density at radius 1 is 1.29 bits per heavy atom. The number of benzene rings is 1. The number of hydrogen-bond donors (Lipinski definition) is 1. The van der Waals surface area contributed by atoms with E-state index in [1.165, 1.54) is 23.5 Å². The van der Waals surface area contributed by atoms with Gasteiger partial charge in [-0.3, -0.25) is 9.69 Å². The van der Waals surface area contributed by atoms with Crippen molar-refractivity contribution in [1.29, 1.82) is 0 Å². The van der Waals surface area contributed by atoms with Crippen molar-refractivity contribution >= 4 is 17.2 Å². The maximum absolute atomic E-state index is 13.0. The molecule has 2 aromatic rings. The number of nitrogens with zero attached hydrogens (tertiary/aromatic N) is 2. The zero-order valence-electron chi connectivity index (χ0n) is 13.5. The lowest BCUT2D eigenvalue weighted by atomic mass is 9.79. The highest BCUT2D eigenvalue weighted by molar-refractivity contribution is 7.16. The molecule has 2 unspecified atom stereocenters. The van der Waals surface area contributed by atoms with Gasteiger partial charge >= 0.3 is 0 Å². The fraction of sp³-hybridized carbons (Fsp3) is 0.444. The van der Waals surface area contributed by atoms with Gasteiger partial charge in [0.25, 0.3) is 5.91 Å². The fourth-order valence-electron chi connectivity index (χ4n) is 3.89. The quantitative estimate of drug-likeness (QED) is 0.929. The predicted molar refractivity (Wildman–Crippen MR) is 92.5 cm³/mol. The summed E-state index contributed by atoms with van der Waals surface area (Å²) in [5.41, 5.74) is 0.879. The molecule has 1 aromatic carbocycles. The van der Waals surface area contributed by atoms with E-state index in [0.717, 1.165) is 36.4 Å². The number of thiazole rings is 1. The van der Waals surface area contributed by atoms with Crippen LogP contribution in [-0.2, 0) is 0 Å². The van der Waals surface area contributed by atoms with E-state index in [1.807, 2.05) is 0 Å². The van der Waals surface area contributed by atoms with Crippen molar-refractivity contribution in [2.45, 2.75) is 31.8 Å². The standard InChI is InChI=1S/C18H20FN3OS/c1-11-16(13-6-8-22(11)9-7-13)21-17(23)18-20-10-15(24-18)12-2-4-14(19)5-3-12/h2-5,10-11,13,16H,6-9H2,1H3,(H,21,23). The van der Waals surface area contributed by atoms with Crippen molar-refractivity contribution in [2.75, 3.05) is 13.1 Å². The highest BCUT2D eigenvalue weighted by Gasteiger charge is 2.40. The lowest BCUT2D eigenvalue weighted by molar-refractivity contribution is 0.0217. The number of aromatic nitrogens is 1. The summed E-state index contributed by atoms with van der Waals surface area (Å²) in [7, 11) is 0. The number of rotatable bonds is 3. The Labute approximate surface area is 144 Å². The van der Waals surface area contributed by atoms with Gasteiger partial charge in [-0.1, -0.05) is 12.1 Å².